The summed E-state index contributed by atoms with van der Waals surface area (Å²) in [7, 11) is 0. The molecule has 0 aliphatic rings. The molecule has 0 saturated heterocycles. The lowest BCUT2D eigenvalue weighted by Gasteiger charge is -2.07. The Morgan fingerprint density at radius 3 is 0.717 bits per heavy atom. The van der Waals surface area contributed by atoms with E-state index in [9.17, 15) is 63.1 Å². The van der Waals surface area contributed by atoms with E-state index in [0.717, 1.165) is 24.3 Å². The molecule has 6 nitrogen and oxygen atoms in total. The molecule has 0 unspecified atom stereocenters. The molecule has 16 heteroatoms. The van der Waals surface area contributed by atoms with Gasteiger partial charge in [0.15, 0.2) is 46.5 Å². The minimum atomic E-state index is -2.51. The van der Waals surface area contributed by atoms with Crippen LogP contribution in [0.4, 0.5) is 43.9 Å². The first-order chi connectivity index (χ1) is 21.6. The van der Waals surface area contributed by atoms with Crippen LogP contribution in [0.5, 0.6) is 0 Å². The molecule has 0 radical (unpaired) electrons. The number of fused-ring (bicyclic) bond motifs is 4. The zero-order chi connectivity index (χ0) is 33.3. The summed E-state index contributed by atoms with van der Waals surface area (Å²) < 4.78 is 140. The Kier molecular flexibility index (Phi) is 5.89. The van der Waals surface area contributed by atoms with E-state index in [1.54, 1.807) is 0 Å². The highest BCUT2D eigenvalue weighted by atomic mass is 19.2. The van der Waals surface area contributed by atoms with Crippen molar-refractivity contribution in [3.63, 3.8) is 0 Å². The molecule has 7 rings (SSSR count). The lowest BCUT2D eigenvalue weighted by molar-refractivity contribution is 0.375. The van der Waals surface area contributed by atoms with Gasteiger partial charge >= 0.3 is 0 Å². The van der Waals surface area contributed by atoms with Crippen LogP contribution in [0.25, 0.3) is 54.5 Å². The largest absolute Gasteiger partial charge is 0.268 e. The minimum Gasteiger partial charge on any atom is -0.268 e. The van der Waals surface area contributed by atoms with Crippen molar-refractivity contribution in [2.45, 2.75) is 0 Å². The number of hydrogen-bond donors (Lipinski definition) is 0. The third-order valence-corrected chi connectivity index (χ3v) is 7.62. The third kappa shape index (κ3) is 3.54. The highest BCUT2D eigenvalue weighted by Gasteiger charge is 2.31. The number of halogens is 10. The molecule has 0 spiro atoms. The molecule has 230 valence electrons. The summed E-state index contributed by atoms with van der Waals surface area (Å²) in [5.41, 5.74) is -9.30. The van der Waals surface area contributed by atoms with Gasteiger partial charge in [0.05, 0.1) is 21.5 Å². The zero-order valence-corrected chi connectivity index (χ0v) is 21.8. The summed E-state index contributed by atoms with van der Waals surface area (Å²) in [6.45, 7) is 0. The molecule has 0 bridgehead atoms. The quantitative estimate of drug-likeness (QED) is 0.106. The molecule has 0 amide bonds. The molecular weight excluding hydrogens is 642 g/mol. The molecule has 0 N–H and O–H groups in total. The fourth-order valence-corrected chi connectivity index (χ4v) is 5.46. The van der Waals surface area contributed by atoms with Gasteiger partial charge in [0.1, 0.15) is 11.4 Å². The van der Waals surface area contributed by atoms with Crippen molar-refractivity contribution in [1.29, 1.82) is 0 Å². The molecule has 0 fully saturated rings. The maximum absolute atomic E-state index is 14.5. The van der Waals surface area contributed by atoms with Gasteiger partial charge in [0, 0.05) is 0 Å². The predicted octanol–water partition coefficient (Wildman–Crippen LogP) is 5.59. The molecule has 5 aromatic carbocycles. The van der Waals surface area contributed by atoms with E-state index in [2.05, 4.69) is 0 Å². The second-order valence-corrected chi connectivity index (χ2v) is 10.1. The first-order valence-electron chi connectivity index (χ1n) is 12.5. The summed E-state index contributed by atoms with van der Waals surface area (Å²) in [5, 5.41) is -1.48. The number of nitrogens with zero attached hydrogens (tertiary/aromatic N) is 2. The molecular formula is C30H6F10N2O4. The van der Waals surface area contributed by atoms with Crippen LogP contribution in [0.15, 0.2) is 55.6 Å². The first-order valence-corrected chi connectivity index (χ1v) is 12.5. The lowest BCUT2D eigenvalue weighted by Crippen LogP contribution is -2.27. The van der Waals surface area contributed by atoms with Gasteiger partial charge in [-0.1, -0.05) is 0 Å². The van der Waals surface area contributed by atoms with Crippen LogP contribution >= 0.6 is 0 Å². The topological polar surface area (TPSA) is 78.1 Å². The van der Waals surface area contributed by atoms with Crippen molar-refractivity contribution in [1.82, 2.24) is 9.13 Å². The molecule has 0 aliphatic carbocycles. The maximum atomic E-state index is 14.5. The van der Waals surface area contributed by atoms with Gasteiger partial charge in [-0.2, -0.15) is 0 Å². The average molecular weight is 648 g/mol. The SMILES string of the molecule is O=c1c2cc3cc4cc5c(=O)n(-c6c(F)c(F)c(F)c(F)c6F)c(=O)c5cc4cc3cc2c(=O)n1-c1c(F)c(F)c(F)c(F)c1F. The Labute approximate surface area is 243 Å². The van der Waals surface area contributed by atoms with E-state index in [1.807, 2.05) is 0 Å². The van der Waals surface area contributed by atoms with E-state index in [0.29, 0.717) is 0 Å². The van der Waals surface area contributed by atoms with Crippen LogP contribution in [0.1, 0.15) is 0 Å². The Morgan fingerprint density at radius 2 is 0.500 bits per heavy atom. The van der Waals surface area contributed by atoms with Crippen molar-refractivity contribution in [2.24, 2.45) is 0 Å². The smallest absolute Gasteiger partial charge is 0.266 e. The number of hydrogen-bond acceptors (Lipinski definition) is 4. The molecule has 0 saturated carbocycles. The first kappa shape index (κ1) is 28.9. The van der Waals surface area contributed by atoms with E-state index < -0.39 is 113 Å². The lowest BCUT2D eigenvalue weighted by atomic mass is 10.00. The van der Waals surface area contributed by atoms with Crippen LogP contribution < -0.4 is 22.2 Å². The van der Waals surface area contributed by atoms with Gasteiger partial charge < -0.3 is 0 Å². The van der Waals surface area contributed by atoms with Gasteiger partial charge in [0.25, 0.3) is 22.2 Å². The summed E-state index contributed by atoms with van der Waals surface area (Å²) in [5.74, 6) is -24.3. The Bertz CT molecular complexity index is 2430. The monoisotopic (exact) mass is 648 g/mol. The van der Waals surface area contributed by atoms with Crippen LogP contribution in [0.2, 0.25) is 0 Å². The molecule has 7 aromatic rings. The van der Waals surface area contributed by atoms with Crippen molar-refractivity contribution < 1.29 is 43.9 Å². The van der Waals surface area contributed by atoms with Gasteiger partial charge in [-0.15, -0.1) is 0 Å². The van der Waals surface area contributed by atoms with E-state index in [4.69, 9.17) is 0 Å². The Morgan fingerprint density at radius 1 is 0.304 bits per heavy atom. The summed E-state index contributed by atoms with van der Waals surface area (Å²) in [4.78, 5) is 52.2. The van der Waals surface area contributed by atoms with Crippen molar-refractivity contribution in [2.75, 3.05) is 0 Å². The van der Waals surface area contributed by atoms with Crippen LogP contribution in [-0.2, 0) is 0 Å². The fourth-order valence-electron chi connectivity index (χ4n) is 5.46. The fraction of sp³-hybridized carbons (Fsp3) is 0. The number of aromatic nitrogens is 2. The van der Waals surface area contributed by atoms with Gasteiger partial charge in [0.2, 0.25) is 11.6 Å². The molecule has 2 aromatic heterocycles. The highest BCUT2D eigenvalue weighted by Crippen LogP contribution is 2.31. The molecule has 46 heavy (non-hydrogen) atoms. The van der Waals surface area contributed by atoms with Crippen molar-refractivity contribution >= 4 is 43.1 Å². The molecule has 0 atom stereocenters. The molecule has 0 aliphatic heterocycles. The Balaban J connectivity index is 1.50. The van der Waals surface area contributed by atoms with Crippen LogP contribution in [0.3, 0.4) is 0 Å². The summed E-state index contributed by atoms with van der Waals surface area (Å²) in [6, 6.07) is 6.80. The molecule has 2 heterocycles. The van der Waals surface area contributed by atoms with Crippen molar-refractivity contribution in [3.05, 3.63) is 136 Å². The predicted molar refractivity (Wildman–Crippen MR) is 142 cm³/mol. The van der Waals surface area contributed by atoms with Crippen LogP contribution in [0, 0.1) is 58.2 Å². The summed E-state index contributed by atoms with van der Waals surface area (Å²) >= 11 is 0. The van der Waals surface area contributed by atoms with Gasteiger partial charge in [-0.3, -0.25) is 19.2 Å². The third-order valence-electron chi connectivity index (χ3n) is 7.62. The normalized spacial score (nSPS) is 12.0. The number of benzene rings is 5. The van der Waals surface area contributed by atoms with E-state index in [1.165, 1.54) is 12.1 Å². The van der Waals surface area contributed by atoms with Crippen LogP contribution in [-0.4, -0.2) is 9.13 Å². The second kappa shape index (κ2) is 9.35. The second-order valence-electron chi connectivity index (χ2n) is 10.1. The van der Waals surface area contributed by atoms with Gasteiger partial charge in [-0.25, -0.2) is 53.0 Å². The van der Waals surface area contributed by atoms with Gasteiger partial charge in [-0.05, 0) is 57.9 Å². The average Bonchev–Trinajstić information content (AvgIpc) is 3.41. The summed E-state index contributed by atoms with van der Waals surface area (Å²) in [6.07, 6.45) is 0. The zero-order valence-electron chi connectivity index (χ0n) is 21.8. The van der Waals surface area contributed by atoms with E-state index >= 15 is 0 Å². The minimum absolute atomic E-state index is 0.125. The Hall–Kier alpha value is -5.80. The van der Waals surface area contributed by atoms with E-state index in [-0.39, 0.29) is 30.7 Å². The highest BCUT2D eigenvalue weighted by molar-refractivity contribution is 6.08. The standard InChI is InChI=1S/C30H6F10N2O4/c31-15-17(33)21(37)25(22(38)18(15)34)41-27(43)11-3-7-1-8-4-12-14(6-10(8)2-9(7)5-13(11)29(41)45)30(46)42(28(12)44)26-23(39)19(35)16(32)20(36)24(26)40/h1-6H. The van der Waals surface area contributed by atoms with Crippen molar-refractivity contribution in [3.8, 4) is 11.4 Å². The number of rotatable bonds is 2. The maximum Gasteiger partial charge on any atom is 0.266 e.